The molecular weight excluding hydrogens is 294 g/mol. The van der Waals surface area contributed by atoms with Gasteiger partial charge in [0, 0.05) is 23.3 Å². The molecule has 0 spiro atoms. The predicted molar refractivity (Wildman–Crippen MR) is 79.6 cm³/mol. The molecule has 0 fully saturated rings. The number of aromatic amines is 2. The number of carbonyl (C=O) groups is 1. The maximum atomic E-state index is 11.7. The van der Waals surface area contributed by atoms with E-state index in [1.165, 1.54) is 6.07 Å². The van der Waals surface area contributed by atoms with Crippen molar-refractivity contribution in [3.05, 3.63) is 67.4 Å². The van der Waals surface area contributed by atoms with Crippen molar-refractivity contribution < 1.29 is 4.79 Å². The van der Waals surface area contributed by atoms with Gasteiger partial charge in [-0.15, -0.1) is 0 Å². The summed E-state index contributed by atoms with van der Waals surface area (Å²) in [7, 11) is 0. The molecule has 0 aliphatic heterocycles. The minimum absolute atomic E-state index is 0.0469. The van der Waals surface area contributed by atoms with Crippen LogP contribution in [0.3, 0.4) is 0 Å². The van der Waals surface area contributed by atoms with Gasteiger partial charge in [0.2, 0.25) is 5.91 Å². The number of amides is 1. The summed E-state index contributed by atoms with van der Waals surface area (Å²) in [5.41, 5.74) is 0.154. The first-order valence-corrected chi connectivity index (χ1v) is 6.74. The van der Waals surface area contributed by atoms with Gasteiger partial charge in [0.25, 0.3) is 5.56 Å². The van der Waals surface area contributed by atoms with Crippen LogP contribution in [0.5, 0.6) is 0 Å². The van der Waals surface area contributed by atoms with E-state index in [0.29, 0.717) is 18.0 Å². The average molecular weight is 308 g/mol. The highest BCUT2D eigenvalue weighted by atomic mass is 35.5. The average Bonchev–Trinajstić information content (AvgIpc) is 2.37. The first-order valence-electron chi connectivity index (χ1n) is 6.36. The van der Waals surface area contributed by atoms with Crippen LogP contribution in [0.2, 0.25) is 5.02 Å². The Morgan fingerprint density at radius 3 is 2.71 bits per heavy atom. The second kappa shape index (κ2) is 6.90. The molecule has 2 rings (SSSR count). The molecular formula is C14H14ClN3O3. The van der Waals surface area contributed by atoms with Crippen LogP contribution in [0.25, 0.3) is 0 Å². The van der Waals surface area contributed by atoms with E-state index in [2.05, 4.69) is 10.3 Å². The molecule has 0 unspecified atom stereocenters. The van der Waals surface area contributed by atoms with Crippen LogP contribution in [0.4, 0.5) is 0 Å². The van der Waals surface area contributed by atoms with Crippen LogP contribution in [-0.4, -0.2) is 22.4 Å². The Kier molecular flexibility index (Phi) is 4.94. The molecule has 0 saturated heterocycles. The zero-order chi connectivity index (χ0) is 15.2. The molecule has 0 aliphatic carbocycles. The second-order valence-corrected chi connectivity index (χ2v) is 4.96. The fourth-order valence-corrected chi connectivity index (χ4v) is 2.10. The molecule has 0 radical (unpaired) electrons. The topological polar surface area (TPSA) is 94.8 Å². The summed E-state index contributed by atoms with van der Waals surface area (Å²) in [5.74, 6) is -0.265. The molecule has 1 aromatic heterocycles. The lowest BCUT2D eigenvalue weighted by Crippen LogP contribution is -2.30. The summed E-state index contributed by atoms with van der Waals surface area (Å²) in [6.45, 7) is 0.451. The molecule has 0 atom stereocenters. The first-order chi connectivity index (χ1) is 10.0. The number of hydrogen-bond donors (Lipinski definition) is 3. The number of rotatable bonds is 5. The lowest BCUT2D eigenvalue weighted by Gasteiger charge is -2.05. The van der Waals surface area contributed by atoms with Crippen LogP contribution < -0.4 is 16.6 Å². The third-order valence-corrected chi connectivity index (χ3v) is 3.03. The molecule has 0 aliphatic rings. The molecule has 7 heteroatoms. The van der Waals surface area contributed by atoms with Crippen molar-refractivity contribution in [2.45, 2.75) is 12.8 Å². The van der Waals surface area contributed by atoms with Gasteiger partial charge in [-0.3, -0.25) is 14.6 Å². The van der Waals surface area contributed by atoms with Gasteiger partial charge in [-0.2, -0.15) is 0 Å². The van der Waals surface area contributed by atoms with Crippen molar-refractivity contribution in [2.24, 2.45) is 0 Å². The van der Waals surface area contributed by atoms with Crippen LogP contribution in [-0.2, 0) is 17.6 Å². The van der Waals surface area contributed by atoms with Gasteiger partial charge < -0.3 is 10.3 Å². The van der Waals surface area contributed by atoms with Gasteiger partial charge in [0.15, 0.2) is 0 Å². The summed E-state index contributed by atoms with van der Waals surface area (Å²) in [4.78, 5) is 38.3. The SMILES string of the molecule is O=C(Cc1cc(=O)[nH]c(=O)[nH]1)NCCc1cccc(Cl)c1. The Bertz CT molecular complexity index is 723. The largest absolute Gasteiger partial charge is 0.355 e. The fraction of sp³-hybridized carbons (Fsp3) is 0.214. The smallest absolute Gasteiger partial charge is 0.325 e. The van der Waals surface area contributed by atoms with E-state index >= 15 is 0 Å². The van der Waals surface area contributed by atoms with Crippen molar-refractivity contribution in [3.8, 4) is 0 Å². The van der Waals surface area contributed by atoms with Crippen LogP contribution in [0.1, 0.15) is 11.3 Å². The minimum Gasteiger partial charge on any atom is -0.355 e. The highest BCUT2D eigenvalue weighted by molar-refractivity contribution is 6.30. The van der Waals surface area contributed by atoms with E-state index in [1.807, 2.05) is 23.2 Å². The normalized spacial score (nSPS) is 10.3. The third kappa shape index (κ3) is 4.92. The summed E-state index contributed by atoms with van der Waals surface area (Å²) in [5, 5.41) is 3.37. The number of carbonyl (C=O) groups excluding carboxylic acids is 1. The molecule has 0 saturated carbocycles. The number of nitrogens with one attached hydrogen (secondary N) is 3. The molecule has 1 amide bonds. The summed E-state index contributed by atoms with van der Waals surface area (Å²) < 4.78 is 0. The molecule has 6 nitrogen and oxygen atoms in total. The van der Waals surface area contributed by atoms with Gasteiger partial charge in [-0.05, 0) is 24.1 Å². The highest BCUT2D eigenvalue weighted by Gasteiger charge is 2.05. The summed E-state index contributed by atoms with van der Waals surface area (Å²) >= 11 is 5.87. The lowest BCUT2D eigenvalue weighted by atomic mass is 10.1. The van der Waals surface area contributed by atoms with Crippen molar-refractivity contribution in [1.82, 2.24) is 15.3 Å². The number of H-pyrrole nitrogens is 2. The summed E-state index contributed by atoms with van der Waals surface area (Å²) in [6, 6.07) is 8.58. The zero-order valence-corrected chi connectivity index (χ0v) is 11.9. The number of benzene rings is 1. The molecule has 21 heavy (non-hydrogen) atoms. The van der Waals surface area contributed by atoms with E-state index in [9.17, 15) is 14.4 Å². The molecule has 1 heterocycles. The van der Waals surface area contributed by atoms with Gasteiger partial charge in [0.1, 0.15) is 0 Å². The quantitative estimate of drug-likeness (QED) is 0.755. The van der Waals surface area contributed by atoms with Crippen molar-refractivity contribution in [2.75, 3.05) is 6.54 Å². The Labute approximate surface area is 125 Å². The highest BCUT2D eigenvalue weighted by Crippen LogP contribution is 2.10. The van der Waals surface area contributed by atoms with E-state index in [0.717, 1.165) is 5.56 Å². The van der Waals surface area contributed by atoms with Gasteiger partial charge in [-0.25, -0.2) is 4.79 Å². The van der Waals surface area contributed by atoms with Gasteiger partial charge >= 0.3 is 5.69 Å². The van der Waals surface area contributed by atoms with Gasteiger partial charge in [0.05, 0.1) is 6.42 Å². The van der Waals surface area contributed by atoms with E-state index in [1.54, 1.807) is 6.07 Å². The lowest BCUT2D eigenvalue weighted by molar-refractivity contribution is -0.120. The van der Waals surface area contributed by atoms with Crippen molar-refractivity contribution in [3.63, 3.8) is 0 Å². The van der Waals surface area contributed by atoms with E-state index in [-0.39, 0.29) is 18.0 Å². The number of halogens is 1. The first kappa shape index (κ1) is 15.1. The molecule has 110 valence electrons. The Morgan fingerprint density at radius 1 is 1.19 bits per heavy atom. The summed E-state index contributed by atoms with van der Waals surface area (Å²) in [6.07, 6.45) is 0.604. The van der Waals surface area contributed by atoms with Crippen molar-refractivity contribution in [1.29, 1.82) is 0 Å². The maximum absolute atomic E-state index is 11.7. The molecule has 0 bridgehead atoms. The van der Waals surface area contributed by atoms with E-state index in [4.69, 9.17) is 11.6 Å². The third-order valence-electron chi connectivity index (χ3n) is 2.79. The Hall–Kier alpha value is -2.34. The monoisotopic (exact) mass is 307 g/mol. The fourth-order valence-electron chi connectivity index (χ4n) is 1.89. The van der Waals surface area contributed by atoms with Crippen LogP contribution in [0.15, 0.2) is 39.9 Å². The van der Waals surface area contributed by atoms with Crippen molar-refractivity contribution >= 4 is 17.5 Å². The standard InChI is InChI=1S/C14H14ClN3O3/c15-10-3-1-2-9(6-10)4-5-16-12(19)7-11-8-13(20)18-14(21)17-11/h1-3,6,8H,4-5,7H2,(H,16,19)(H2,17,18,20,21). The second-order valence-electron chi connectivity index (χ2n) is 4.52. The van der Waals surface area contributed by atoms with E-state index < -0.39 is 11.2 Å². The Balaban J connectivity index is 1.85. The molecule has 3 N–H and O–H groups in total. The minimum atomic E-state index is -0.621. The Morgan fingerprint density at radius 2 is 2.00 bits per heavy atom. The number of aromatic nitrogens is 2. The van der Waals surface area contributed by atoms with Crippen LogP contribution >= 0.6 is 11.6 Å². The zero-order valence-electron chi connectivity index (χ0n) is 11.1. The van der Waals surface area contributed by atoms with Crippen LogP contribution in [0, 0.1) is 0 Å². The maximum Gasteiger partial charge on any atom is 0.325 e. The molecule has 2 aromatic rings. The molecule has 1 aromatic carbocycles. The van der Waals surface area contributed by atoms with Gasteiger partial charge in [-0.1, -0.05) is 23.7 Å². The number of hydrogen-bond acceptors (Lipinski definition) is 3. The predicted octanol–water partition coefficient (Wildman–Crippen LogP) is 0.618.